The van der Waals surface area contributed by atoms with E-state index in [0.717, 1.165) is 10.0 Å². The molecular weight excluding hydrogens is 350 g/mol. The van der Waals surface area contributed by atoms with Gasteiger partial charge in [0.25, 0.3) is 11.6 Å². The Bertz CT molecular complexity index is 861. The second-order valence-corrected chi connectivity index (χ2v) is 5.56. The molecule has 1 aromatic heterocycles. The summed E-state index contributed by atoms with van der Waals surface area (Å²) >= 11 is 3.39. The van der Waals surface area contributed by atoms with Crippen molar-refractivity contribution in [1.29, 1.82) is 0 Å². The number of aromatic nitrogens is 2. The first kappa shape index (κ1) is 14.4. The topological polar surface area (TPSA) is 82.1 Å². The molecule has 0 saturated heterocycles. The summed E-state index contributed by atoms with van der Waals surface area (Å²) in [7, 11) is 0. The van der Waals surface area contributed by atoms with E-state index in [9.17, 15) is 10.1 Å². The van der Waals surface area contributed by atoms with Crippen molar-refractivity contribution in [2.24, 2.45) is 0 Å². The minimum Gasteiger partial charge on any atom is -0.334 e. The second kappa shape index (κ2) is 5.69. The summed E-state index contributed by atoms with van der Waals surface area (Å²) in [6.07, 6.45) is 0. The van der Waals surface area contributed by atoms with Crippen LogP contribution in [0, 0.1) is 17.0 Å². The van der Waals surface area contributed by atoms with Crippen LogP contribution in [0.2, 0.25) is 0 Å². The lowest BCUT2D eigenvalue weighted by atomic mass is 10.1. The average molecular weight is 360 g/mol. The molecule has 0 spiro atoms. The fraction of sp³-hybridized carbons (Fsp3) is 0.0667. The molecule has 0 atom stereocenters. The van der Waals surface area contributed by atoms with Crippen LogP contribution in [0.3, 0.4) is 0 Å². The minimum absolute atomic E-state index is 0.0275. The van der Waals surface area contributed by atoms with Gasteiger partial charge in [0, 0.05) is 27.2 Å². The molecule has 1 heterocycles. The van der Waals surface area contributed by atoms with Crippen molar-refractivity contribution in [3.8, 4) is 22.8 Å². The molecule has 0 fully saturated rings. The van der Waals surface area contributed by atoms with E-state index in [-0.39, 0.29) is 11.6 Å². The number of rotatable bonds is 3. The summed E-state index contributed by atoms with van der Waals surface area (Å²) < 4.78 is 6.17. The first-order valence-corrected chi connectivity index (χ1v) is 7.19. The van der Waals surface area contributed by atoms with Crippen molar-refractivity contribution in [2.45, 2.75) is 6.92 Å². The van der Waals surface area contributed by atoms with E-state index in [1.165, 1.54) is 6.07 Å². The number of nitrogens with zero attached hydrogens (tertiary/aromatic N) is 3. The van der Waals surface area contributed by atoms with Gasteiger partial charge < -0.3 is 4.52 Å². The Kier molecular flexibility index (Phi) is 3.72. The van der Waals surface area contributed by atoms with Crippen LogP contribution < -0.4 is 0 Å². The van der Waals surface area contributed by atoms with Crippen LogP contribution in [0.1, 0.15) is 5.56 Å². The van der Waals surface area contributed by atoms with E-state index < -0.39 is 4.92 Å². The van der Waals surface area contributed by atoms with Gasteiger partial charge in [-0.15, -0.1) is 0 Å². The molecule has 110 valence electrons. The molecule has 6 nitrogen and oxygen atoms in total. The maximum atomic E-state index is 11.0. The van der Waals surface area contributed by atoms with E-state index in [1.807, 2.05) is 24.3 Å². The van der Waals surface area contributed by atoms with E-state index in [0.29, 0.717) is 17.0 Å². The highest BCUT2D eigenvalue weighted by molar-refractivity contribution is 9.10. The molecule has 0 unspecified atom stereocenters. The predicted molar refractivity (Wildman–Crippen MR) is 84.3 cm³/mol. The van der Waals surface area contributed by atoms with E-state index >= 15 is 0 Å². The van der Waals surface area contributed by atoms with Crippen LogP contribution in [0.5, 0.6) is 0 Å². The van der Waals surface area contributed by atoms with Crippen molar-refractivity contribution >= 4 is 21.6 Å². The van der Waals surface area contributed by atoms with E-state index in [2.05, 4.69) is 26.1 Å². The molecule has 7 heteroatoms. The fourth-order valence-electron chi connectivity index (χ4n) is 2.13. The van der Waals surface area contributed by atoms with Gasteiger partial charge in [-0.05, 0) is 25.1 Å². The molecule has 0 aliphatic heterocycles. The number of hydrogen-bond donors (Lipinski definition) is 0. The molecule has 0 amide bonds. The Morgan fingerprint density at radius 2 is 2.00 bits per heavy atom. The van der Waals surface area contributed by atoms with Crippen molar-refractivity contribution in [1.82, 2.24) is 10.1 Å². The Morgan fingerprint density at radius 1 is 1.23 bits per heavy atom. The Hall–Kier alpha value is -2.54. The highest BCUT2D eigenvalue weighted by Gasteiger charge is 2.18. The van der Waals surface area contributed by atoms with Crippen molar-refractivity contribution in [3.05, 3.63) is 62.6 Å². The third-order valence-corrected chi connectivity index (χ3v) is 3.73. The molecule has 0 saturated carbocycles. The molecule has 3 aromatic rings. The largest absolute Gasteiger partial charge is 0.334 e. The normalized spacial score (nSPS) is 10.6. The third kappa shape index (κ3) is 2.62. The van der Waals surface area contributed by atoms with Crippen molar-refractivity contribution in [3.63, 3.8) is 0 Å². The van der Waals surface area contributed by atoms with Gasteiger partial charge in [-0.25, -0.2) is 0 Å². The first-order chi connectivity index (χ1) is 10.6. The van der Waals surface area contributed by atoms with Gasteiger partial charge in [-0.2, -0.15) is 4.98 Å². The summed E-state index contributed by atoms with van der Waals surface area (Å²) in [4.78, 5) is 14.9. The fourth-order valence-corrected chi connectivity index (χ4v) is 2.53. The van der Waals surface area contributed by atoms with Gasteiger partial charge >= 0.3 is 0 Å². The summed E-state index contributed by atoms with van der Waals surface area (Å²) in [6, 6.07) is 12.3. The minimum atomic E-state index is -0.426. The van der Waals surface area contributed by atoms with Crippen LogP contribution in [-0.4, -0.2) is 15.1 Å². The van der Waals surface area contributed by atoms with Crippen LogP contribution in [0.25, 0.3) is 22.8 Å². The third-order valence-electron chi connectivity index (χ3n) is 3.24. The lowest BCUT2D eigenvalue weighted by Crippen LogP contribution is -1.93. The van der Waals surface area contributed by atoms with Crippen LogP contribution in [-0.2, 0) is 0 Å². The van der Waals surface area contributed by atoms with Gasteiger partial charge in [0.2, 0.25) is 5.82 Å². The van der Waals surface area contributed by atoms with Gasteiger partial charge in [0.1, 0.15) is 0 Å². The van der Waals surface area contributed by atoms with Crippen LogP contribution in [0.15, 0.2) is 51.5 Å². The molecule has 0 N–H and O–H groups in total. The smallest absolute Gasteiger partial charge is 0.273 e. The van der Waals surface area contributed by atoms with Gasteiger partial charge in [0.15, 0.2) is 0 Å². The number of benzene rings is 2. The molecule has 2 aromatic carbocycles. The lowest BCUT2D eigenvalue weighted by molar-refractivity contribution is -0.385. The maximum Gasteiger partial charge on any atom is 0.273 e. The lowest BCUT2D eigenvalue weighted by Gasteiger charge is -2.01. The molecule has 0 aliphatic rings. The summed E-state index contributed by atoms with van der Waals surface area (Å²) in [5.74, 6) is 0.693. The predicted octanol–water partition coefficient (Wildman–Crippen LogP) is 4.38. The van der Waals surface area contributed by atoms with Crippen LogP contribution in [0.4, 0.5) is 5.69 Å². The highest BCUT2D eigenvalue weighted by atomic mass is 79.9. The quantitative estimate of drug-likeness (QED) is 0.511. The van der Waals surface area contributed by atoms with E-state index in [1.54, 1.807) is 19.1 Å². The maximum absolute atomic E-state index is 11.0. The number of hydrogen-bond acceptors (Lipinski definition) is 5. The highest BCUT2D eigenvalue weighted by Crippen LogP contribution is 2.30. The number of halogens is 1. The number of nitro groups is 1. The van der Waals surface area contributed by atoms with Crippen molar-refractivity contribution < 1.29 is 9.45 Å². The summed E-state index contributed by atoms with van der Waals surface area (Å²) in [5, 5.41) is 14.9. The second-order valence-electron chi connectivity index (χ2n) is 4.64. The zero-order valence-corrected chi connectivity index (χ0v) is 13.1. The van der Waals surface area contributed by atoms with Gasteiger partial charge in [0.05, 0.1) is 4.92 Å². The zero-order valence-electron chi connectivity index (χ0n) is 11.5. The molecule has 0 bridgehead atoms. The summed E-state index contributed by atoms with van der Waals surface area (Å²) in [5.41, 5.74) is 1.88. The van der Waals surface area contributed by atoms with Crippen molar-refractivity contribution in [2.75, 3.05) is 0 Å². The van der Waals surface area contributed by atoms with Crippen LogP contribution >= 0.6 is 15.9 Å². The molecule has 3 rings (SSSR count). The average Bonchev–Trinajstić information content (AvgIpc) is 2.97. The number of nitro benzene ring substituents is 1. The van der Waals surface area contributed by atoms with Gasteiger partial charge in [-0.1, -0.05) is 39.3 Å². The molecule has 0 aliphatic carbocycles. The Balaban J connectivity index is 2.05. The zero-order chi connectivity index (χ0) is 15.7. The Morgan fingerprint density at radius 3 is 2.73 bits per heavy atom. The summed E-state index contributed by atoms with van der Waals surface area (Å²) in [6.45, 7) is 1.66. The molecule has 0 radical (unpaired) electrons. The Labute approximate surface area is 134 Å². The molecule has 22 heavy (non-hydrogen) atoms. The molecular formula is C15H10BrN3O3. The first-order valence-electron chi connectivity index (χ1n) is 6.40. The SMILES string of the molecule is Cc1c(-c2nc(-c3cccc(Br)c3)no2)cccc1[N+](=O)[O-]. The van der Waals surface area contributed by atoms with E-state index in [4.69, 9.17) is 4.52 Å². The van der Waals surface area contributed by atoms with Gasteiger partial charge in [-0.3, -0.25) is 10.1 Å². The standard InChI is InChI=1S/C15H10BrN3O3/c1-9-12(6-3-7-13(9)19(20)21)15-17-14(18-22-15)10-4-2-5-11(16)8-10/h2-8H,1H3. The monoisotopic (exact) mass is 359 g/mol.